The van der Waals surface area contributed by atoms with Crippen molar-refractivity contribution in [1.82, 2.24) is 4.98 Å². The summed E-state index contributed by atoms with van der Waals surface area (Å²) in [5.41, 5.74) is 3.70. The van der Waals surface area contributed by atoms with Gasteiger partial charge in [-0.15, -0.1) is 0 Å². The second kappa shape index (κ2) is 5.88. The molecule has 0 unspecified atom stereocenters. The fourth-order valence-electron chi connectivity index (χ4n) is 2.54. The zero-order valence-corrected chi connectivity index (χ0v) is 12.3. The SMILES string of the molecule is COc1ccc(/C=C/[C@H](C)c2c[nH]c3ccccc23)cc1. The first-order chi connectivity index (χ1) is 10.3. The molecule has 1 atom stereocenters. The van der Waals surface area contributed by atoms with Crippen LogP contribution in [0.3, 0.4) is 0 Å². The minimum Gasteiger partial charge on any atom is -0.497 e. The molecule has 2 aromatic carbocycles. The maximum atomic E-state index is 5.17. The van der Waals surface area contributed by atoms with Crippen molar-refractivity contribution in [2.75, 3.05) is 7.11 Å². The van der Waals surface area contributed by atoms with Crippen LogP contribution in [0.25, 0.3) is 17.0 Å². The molecule has 3 aromatic rings. The Morgan fingerprint density at radius 3 is 2.57 bits per heavy atom. The number of benzene rings is 2. The van der Waals surface area contributed by atoms with Gasteiger partial charge in [-0.2, -0.15) is 0 Å². The van der Waals surface area contributed by atoms with Crippen LogP contribution in [-0.2, 0) is 0 Å². The van der Waals surface area contributed by atoms with E-state index in [1.54, 1.807) is 7.11 Å². The van der Waals surface area contributed by atoms with E-state index in [-0.39, 0.29) is 0 Å². The lowest BCUT2D eigenvalue weighted by Gasteiger charge is -2.05. The van der Waals surface area contributed by atoms with Crippen LogP contribution in [0, 0.1) is 0 Å². The number of H-pyrrole nitrogens is 1. The van der Waals surface area contributed by atoms with Crippen LogP contribution in [0.1, 0.15) is 24.0 Å². The van der Waals surface area contributed by atoms with Gasteiger partial charge in [-0.3, -0.25) is 0 Å². The molecule has 0 saturated heterocycles. The van der Waals surface area contributed by atoms with Gasteiger partial charge < -0.3 is 9.72 Å². The third-order valence-electron chi connectivity index (χ3n) is 3.80. The average Bonchev–Trinajstić information content (AvgIpc) is 2.97. The van der Waals surface area contributed by atoms with Crippen LogP contribution >= 0.6 is 0 Å². The van der Waals surface area contributed by atoms with E-state index in [9.17, 15) is 0 Å². The molecule has 1 aromatic heterocycles. The van der Waals surface area contributed by atoms with Crippen molar-refractivity contribution < 1.29 is 4.74 Å². The minimum atomic E-state index is 0.364. The van der Waals surface area contributed by atoms with Gasteiger partial charge in [0.2, 0.25) is 0 Å². The lowest BCUT2D eigenvalue weighted by molar-refractivity contribution is 0.415. The number of fused-ring (bicyclic) bond motifs is 1. The third-order valence-corrected chi connectivity index (χ3v) is 3.80. The van der Waals surface area contributed by atoms with Crippen molar-refractivity contribution >= 4 is 17.0 Å². The molecule has 0 fully saturated rings. The number of hydrogen-bond acceptors (Lipinski definition) is 1. The van der Waals surface area contributed by atoms with Crippen LogP contribution < -0.4 is 4.74 Å². The molecule has 0 radical (unpaired) electrons. The van der Waals surface area contributed by atoms with Gasteiger partial charge in [0.15, 0.2) is 0 Å². The largest absolute Gasteiger partial charge is 0.497 e. The van der Waals surface area contributed by atoms with E-state index in [1.165, 1.54) is 22.0 Å². The highest BCUT2D eigenvalue weighted by atomic mass is 16.5. The molecule has 0 aliphatic heterocycles. The van der Waals surface area contributed by atoms with E-state index < -0.39 is 0 Å². The van der Waals surface area contributed by atoms with Crippen LogP contribution in [0.2, 0.25) is 0 Å². The van der Waals surface area contributed by atoms with E-state index in [2.05, 4.69) is 66.7 Å². The number of ether oxygens (including phenoxy) is 1. The average molecular weight is 277 g/mol. The monoisotopic (exact) mass is 277 g/mol. The van der Waals surface area contributed by atoms with Crippen LogP contribution in [0.15, 0.2) is 60.8 Å². The Morgan fingerprint density at radius 1 is 1.05 bits per heavy atom. The van der Waals surface area contributed by atoms with Gasteiger partial charge in [0.05, 0.1) is 7.11 Å². The number of methoxy groups -OCH3 is 1. The van der Waals surface area contributed by atoms with E-state index in [1.807, 2.05) is 12.1 Å². The van der Waals surface area contributed by atoms with Crippen molar-refractivity contribution in [1.29, 1.82) is 0 Å². The van der Waals surface area contributed by atoms with Gasteiger partial charge in [-0.25, -0.2) is 0 Å². The summed E-state index contributed by atoms with van der Waals surface area (Å²) in [6.45, 7) is 2.22. The predicted octanol–water partition coefficient (Wildman–Crippen LogP) is 4.99. The quantitative estimate of drug-likeness (QED) is 0.713. The van der Waals surface area contributed by atoms with Gasteiger partial charge in [0.25, 0.3) is 0 Å². The summed E-state index contributed by atoms with van der Waals surface area (Å²) in [6, 6.07) is 16.5. The molecule has 106 valence electrons. The highest BCUT2D eigenvalue weighted by molar-refractivity contribution is 5.84. The second-order valence-electron chi connectivity index (χ2n) is 5.21. The van der Waals surface area contributed by atoms with Gasteiger partial charge in [0.1, 0.15) is 5.75 Å². The lowest BCUT2D eigenvalue weighted by atomic mass is 9.99. The van der Waals surface area contributed by atoms with E-state index >= 15 is 0 Å². The first-order valence-corrected chi connectivity index (χ1v) is 7.16. The Kier molecular flexibility index (Phi) is 3.78. The summed E-state index contributed by atoms with van der Waals surface area (Å²) in [5, 5.41) is 1.30. The third kappa shape index (κ3) is 2.84. The molecule has 0 aliphatic carbocycles. The van der Waals surface area contributed by atoms with Crippen molar-refractivity contribution in [3.63, 3.8) is 0 Å². The molecule has 1 heterocycles. The summed E-state index contributed by atoms with van der Waals surface area (Å²) < 4.78 is 5.17. The fraction of sp³-hybridized carbons (Fsp3) is 0.158. The molecular weight excluding hydrogens is 258 g/mol. The number of hydrogen-bond donors (Lipinski definition) is 1. The number of nitrogens with one attached hydrogen (secondary N) is 1. The molecule has 2 heteroatoms. The first kappa shape index (κ1) is 13.5. The Hall–Kier alpha value is -2.48. The van der Waals surface area contributed by atoms with E-state index in [0.29, 0.717) is 5.92 Å². The Labute approximate surface area is 125 Å². The Balaban J connectivity index is 1.81. The highest BCUT2D eigenvalue weighted by Crippen LogP contribution is 2.26. The van der Waals surface area contributed by atoms with Crippen molar-refractivity contribution in [3.8, 4) is 5.75 Å². The molecule has 0 saturated carbocycles. The topological polar surface area (TPSA) is 25.0 Å². The lowest BCUT2D eigenvalue weighted by Crippen LogP contribution is -1.87. The molecule has 0 bridgehead atoms. The second-order valence-corrected chi connectivity index (χ2v) is 5.21. The molecule has 1 N–H and O–H groups in total. The maximum Gasteiger partial charge on any atom is 0.118 e. The van der Waals surface area contributed by atoms with Crippen molar-refractivity contribution in [2.45, 2.75) is 12.8 Å². The van der Waals surface area contributed by atoms with Crippen LogP contribution in [-0.4, -0.2) is 12.1 Å². The summed E-state index contributed by atoms with van der Waals surface area (Å²) in [7, 11) is 1.68. The maximum absolute atomic E-state index is 5.17. The molecule has 2 nitrogen and oxygen atoms in total. The molecular formula is C19H19NO. The Morgan fingerprint density at radius 2 is 1.81 bits per heavy atom. The predicted molar refractivity (Wildman–Crippen MR) is 88.7 cm³/mol. The number of aromatic amines is 1. The molecule has 0 spiro atoms. The fourth-order valence-corrected chi connectivity index (χ4v) is 2.54. The highest BCUT2D eigenvalue weighted by Gasteiger charge is 2.07. The smallest absolute Gasteiger partial charge is 0.118 e. The molecule has 0 amide bonds. The van der Waals surface area contributed by atoms with E-state index in [0.717, 1.165) is 5.75 Å². The zero-order chi connectivity index (χ0) is 14.7. The number of aromatic nitrogens is 1. The number of allylic oxidation sites excluding steroid dienone is 1. The van der Waals surface area contributed by atoms with Gasteiger partial charge in [0, 0.05) is 23.0 Å². The van der Waals surface area contributed by atoms with Gasteiger partial charge in [-0.1, -0.05) is 49.4 Å². The van der Waals surface area contributed by atoms with Crippen molar-refractivity contribution in [2.24, 2.45) is 0 Å². The van der Waals surface area contributed by atoms with E-state index in [4.69, 9.17) is 4.74 Å². The summed E-state index contributed by atoms with van der Waals surface area (Å²) in [6.07, 6.45) is 6.50. The molecule has 3 rings (SSSR count). The first-order valence-electron chi connectivity index (χ1n) is 7.16. The normalized spacial score (nSPS) is 12.9. The van der Waals surface area contributed by atoms with Crippen molar-refractivity contribution in [3.05, 3.63) is 71.9 Å². The number of rotatable bonds is 4. The molecule has 0 aliphatic rings. The van der Waals surface area contributed by atoms with Gasteiger partial charge in [-0.05, 0) is 29.3 Å². The standard InChI is InChI=1S/C19H19NO/c1-14(7-8-15-9-11-16(21-2)12-10-15)18-13-20-19-6-4-3-5-17(18)19/h3-14,20H,1-2H3/b8-7+/t14-/m0/s1. The summed E-state index contributed by atoms with van der Waals surface area (Å²) >= 11 is 0. The number of para-hydroxylation sites is 1. The van der Waals surface area contributed by atoms with Crippen LogP contribution in [0.4, 0.5) is 0 Å². The van der Waals surface area contributed by atoms with Crippen LogP contribution in [0.5, 0.6) is 5.75 Å². The summed E-state index contributed by atoms with van der Waals surface area (Å²) in [5.74, 6) is 1.25. The van der Waals surface area contributed by atoms with Gasteiger partial charge >= 0.3 is 0 Å². The minimum absolute atomic E-state index is 0.364. The zero-order valence-electron chi connectivity index (χ0n) is 12.3. The summed E-state index contributed by atoms with van der Waals surface area (Å²) in [4.78, 5) is 3.33. The molecule has 21 heavy (non-hydrogen) atoms. The Bertz CT molecular complexity index is 753.